The first-order valence-corrected chi connectivity index (χ1v) is 12.6. The Bertz CT molecular complexity index is 1530. The molecular weight excluding hydrogens is 545 g/mol. The number of hydrazone groups is 1. The van der Waals surface area contributed by atoms with Gasteiger partial charge in [0.1, 0.15) is 18.1 Å². The molecule has 40 heavy (non-hydrogen) atoms. The number of carbonyl (C=O) groups is 1. The number of carbonyl (C=O) groups excluding carboxylic acids is 1. The molecule has 4 aromatic rings. The number of hydrogen-bond donors (Lipinski definition) is 2. The second-order valence-corrected chi connectivity index (χ2v) is 9.29. The normalized spacial score (nSPS) is 13.7. The third-order valence-electron chi connectivity index (χ3n) is 6.19. The Hall–Kier alpha value is -4.56. The zero-order chi connectivity index (χ0) is 28.1. The number of halogens is 2. The van der Waals surface area contributed by atoms with Crippen molar-refractivity contribution in [1.29, 1.82) is 0 Å². The molecule has 1 fully saturated rings. The largest absolute Gasteiger partial charge is 0.493 e. The van der Waals surface area contributed by atoms with Gasteiger partial charge in [-0.05, 0) is 72.1 Å². The van der Waals surface area contributed by atoms with Gasteiger partial charge in [-0.15, -0.1) is 5.10 Å². The molecule has 1 aliphatic rings. The Morgan fingerprint density at radius 3 is 2.77 bits per heavy atom. The van der Waals surface area contributed by atoms with Gasteiger partial charge in [-0.25, -0.2) is 14.4 Å². The van der Waals surface area contributed by atoms with E-state index in [4.69, 9.17) is 26.8 Å². The highest BCUT2D eigenvalue weighted by Crippen LogP contribution is 2.29. The van der Waals surface area contributed by atoms with Crippen LogP contribution in [0.25, 0.3) is 5.82 Å². The minimum Gasteiger partial charge on any atom is -0.493 e. The van der Waals surface area contributed by atoms with Crippen molar-refractivity contribution in [3.05, 3.63) is 69.8 Å². The van der Waals surface area contributed by atoms with Gasteiger partial charge in [0.25, 0.3) is 5.91 Å². The van der Waals surface area contributed by atoms with Gasteiger partial charge in [-0.1, -0.05) is 22.9 Å². The van der Waals surface area contributed by atoms with E-state index in [0.717, 1.165) is 25.9 Å². The summed E-state index contributed by atoms with van der Waals surface area (Å²) in [5, 5.41) is 19.9. The smallest absolute Gasteiger partial charge is 0.292 e. The Morgan fingerprint density at radius 2 is 2.05 bits per heavy atom. The molecule has 208 valence electrons. The first kappa shape index (κ1) is 27.0. The first-order valence-electron chi connectivity index (χ1n) is 12.3. The molecule has 0 unspecified atom stereocenters. The molecule has 5 rings (SSSR count). The quantitative estimate of drug-likeness (QED) is 0.215. The van der Waals surface area contributed by atoms with Crippen molar-refractivity contribution in [3.63, 3.8) is 0 Å². The maximum Gasteiger partial charge on any atom is 0.292 e. The first-order chi connectivity index (χ1) is 19.4. The molecule has 13 nitrogen and oxygen atoms in total. The summed E-state index contributed by atoms with van der Waals surface area (Å²) in [6.45, 7) is 2.35. The van der Waals surface area contributed by atoms with Crippen molar-refractivity contribution < 1.29 is 23.3 Å². The van der Waals surface area contributed by atoms with Gasteiger partial charge < -0.3 is 15.2 Å². The molecule has 0 radical (unpaired) electrons. The molecule has 3 N–H and O–H groups in total. The summed E-state index contributed by atoms with van der Waals surface area (Å²) in [5.41, 5.74) is 10.1. The number of likely N-dealkylation sites (tertiary alicyclic amines) is 1. The maximum absolute atomic E-state index is 13.3. The highest BCUT2D eigenvalue weighted by Gasteiger charge is 2.27. The molecule has 2 aromatic carbocycles. The number of methoxy groups -OCH3 is 1. The number of nitrogens with zero attached hydrogens (tertiary/aromatic N) is 7. The molecule has 0 aliphatic carbocycles. The fourth-order valence-electron chi connectivity index (χ4n) is 4.18. The van der Waals surface area contributed by atoms with E-state index in [1.807, 2.05) is 0 Å². The van der Waals surface area contributed by atoms with Gasteiger partial charge >= 0.3 is 0 Å². The van der Waals surface area contributed by atoms with E-state index < -0.39 is 11.7 Å². The van der Waals surface area contributed by atoms with E-state index in [0.29, 0.717) is 34.9 Å². The van der Waals surface area contributed by atoms with Crippen LogP contribution in [0, 0.1) is 5.82 Å². The van der Waals surface area contributed by atoms with Crippen molar-refractivity contribution in [2.75, 3.05) is 25.9 Å². The summed E-state index contributed by atoms with van der Waals surface area (Å²) < 4.78 is 30.4. The summed E-state index contributed by atoms with van der Waals surface area (Å²) >= 11 is 6.08. The Balaban J connectivity index is 1.29. The van der Waals surface area contributed by atoms with Crippen LogP contribution in [0.1, 0.15) is 40.2 Å². The van der Waals surface area contributed by atoms with Crippen LogP contribution in [0.5, 0.6) is 11.5 Å². The number of benzene rings is 2. The molecule has 0 saturated carbocycles. The highest BCUT2D eigenvalue weighted by atomic mass is 35.5. The lowest BCUT2D eigenvalue weighted by Crippen LogP contribution is -2.26. The van der Waals surface area contributed by atoms with Gasteiger partial charge in [0.15, 0.2) is 17.2 Å². The number of anilines is 1. The number of aromatic nitrogens is 5. The number of rotatable bonds is 10. The number of nitrogens with one attached hydrogen (secondary N) is 1. The summed E-state index contributed by atoms with van der Waals surface area (Å²) in [5.74, 6) is -0.101. The monoisotopic (exact) mass is 569 g/mol. The second kappa shape index (κ2) is 12.1. The topological polar surface area (TPSA) is 159 Å². The van der Waals surface area contributed by atoms with E-state index >= 15 is 0 Å². The van der Waals surface area contributed by atoms with E-state index in [2.05, 4.69) is 40.7 Å². The molecule has 1 saturated heterocycles. The van der Waals surface area contributed by atoms with Crippen LogP contribution in [0.2, 0.25) is 5.02 Å². The Labute approximate surface area is 232 Å². The van der Waals surface area contributed by atoms with E-state index in [9.17, 15) is 9.18 Å². The van der Waals surface area contributed by atoms with Gasteiger partial charge in [0, 0.05) is 12.1 Å². The maximum atomic E-state index is 13.3. The predicted octanol–water partition coefficient (Wildman–Crippen LogP) is 2.97. The zero-order valence-electron chi connectivity index (χ0n) is 21.4. The molecule has 1 aliphatic heterocycles. The number of nitrogen functional groups attached to an aromatic ring is 1. The number of amides is 1. The highest BCUT2D eigenvalue weighted by molar-refractivity contribution is 6.31. The van der Waals surface area contributed by atoms with Crippen molar-refractivity contribution in [2.45, 2.75) is 26.0 Å². The molecule has 0 bridgehead atoms. The average molecular weight is 570 g/mol. The van der Waals surface area contributed by atoms with Gasteiger partial charge in [-0.2, -0.15) is 9.78 Å². The third-order valence-corrected chi connectivity index (χ3v) is 6.54. The molecule has 0 atom stereocenters. The molecule has 1 amide bonds. The fraction of sp³-hybridized carbons (Fsp3) is 0.280. The Morgan fingerprint density at radius 1 is 1.23 bits per heavy atom. The summed E-state index contributed by atoms with van der Waals surface area (Å²) in [6, 6.07) is 9.19. The third kappa shape index (κ3) is 6.02. The van der Waals surface area contributed by atoms with Crippen LogP contribution in [0.3, 0.4) is 0 Å². The van der Waals surface area contributed by atoms with Crippen LogP contribution in [0.4, 0.5) is 10.2 Å². The summed E-state index contributed by atoms with van der Waals surface area (Å²) in [7, 11) is 1.50. The minimum absolute atomic E-state index is 0.0359. The Kier molecular flexibility index (Phi) is 8.17. The van der Waals surface area contributed by atoms with Gasteiger partial charge in [-0.3, -0.25) is 9.69 Å². The number of nitrogens with two attached hydrogens (primary N) is 1. The van der Waals surface area contributed by atoms with Crippen molar-refractivity contribution in [1.82, 2.24) is 35.6 Å². The lowest BCUT2D eigenvalue weighted by atomic mass is 10.2. The summed E-state index contributed by atoms with van der Waals surface area (Å²) in [4.78, 5) is 15.4. The zero-order valence-corrected chi connectivity index (χ0v) is 22.1. The van der Waals surface area contributed by atoms with Crippen LogP contribution in [-0.4, -0.2) is 62.5 Å². The van der Waals surface area contributed by atoms with Gasteiger partial charge in [0.2, 0.25) is 11.6 Å². The van der Waals surface area contributed by atoms with Crippen molar-refractivity contribution in [3.8, 4) is 17.3 Å². The number of hydrogen-bond acceptors (Lipinski definition) is 11. The van der Waals surface area contributed by atoms with E-state index in [1.165, 1.54) is 30.1 Å². The van der Waals surface area contributed by atoms with E-state index in [-0.39, 0.29) is 29.0 Å². The molecular formula is C25H25ClFN9O4. The second-order valence-electron chi connectivity index (χ2n) is 8.89. The SMILES string of the molecule is COc1cc(C=NNC(=O)c2c(CN3CCCC3)nnn2-c2nonc2N)ccc1OCc1ccc(F)cc1Cl. The lowest BCUT2D eigenvalue weighted by molar-refractivity contribution is 0.0945. The van der Waals surface area contributed by atoms with Crippen LogP contribution in [0.15, 0.2) is 46.1 Å². The van der Waals surface area contributed by atoms with E-state index in [1.54, 1.807) is 24.3 Å². The molecule has 2 aromatic heterocycles. The standard InChI is InChI=1S/C25H25ClFN9O4/c1-38-21-10-15(4-7-20(21)39-14-16-5-6-17(27)11-18(16)26)12-29-31-25(37)22-19(13-35-8-2-3-9-35)30-34-36(22)24-23(28)32-40-33-24/h4-7,10-12H,2-3,8-9,13-14H2,1H3,(H2,28,32)(H,31,37). The molecule has 3 heterocycles. The fourth-order valence-corrected chi connectivity index (χ4v) is 4.40. The average Bonchev–Trinajstić information content (AvgIpc) is 3.70. The number of ether oxygens (including phenoxy) is 2. The van der Waals surface area contributed by atoms with Crippen molar-refractivity contribution >= 4 is 29.5 Å². The molecule has 15 heteroatoms. The van der Waals surface area contributed by atoms with Crippen molar-refractivity contribution in [2.24, 2.45) is 5.10 Å². The molecule has 0 spiro atoms. The summed E-state index contributed by atoms with van der Waals surface area (Å²) in [6.07, 6.45) is 3.60. The van der Waals surface area contributed by atoms with Gasteiger partial charge in [0.05, 0.1) is 18.3 Å². The minimum atomic E-state index is -0.569. The van der Waals surface area contributed by atoms with Crippen LogP contribution < -0.4 is 20.6 Å². The predicted molar refractivity (Wildman–Crippen MR) is 142 cm³/mol. The van der Waals surface area contributed by atoms with Crippen LogP contribution >= 0.6 is 11.6 Å². The van der Waals surface area contributed by atoms with Crippen LogP contribution in [-0.2, 0) is 13.2 Å². The lowest BCUT2D eigenvalue weighted by Gasteiger charge is -2.13.